The molecular formula is C14H12ClN2Rh. The van der Waals surface area contributed by atoms with Crippen LogP contribution in [0, 0.1) is 7.43 Å². The molecule has 3 aromatic rings. The average molecular weight is 347 g/mol. The molecule has 0 saturated carbocycles. The van der Waals surface area contributed by atoms with Crippen LogP contribution >= 0.6 is 9.69 Å². The molecule has 2 nitrogen and oxygen atoms in total. The van der Waals surface area contributed by atoms with Crippen molar-refractivity contribution in [2.24, 2.45) is 0 Å². The second kappa shape index (κ2) is 7.30. The number of fused-ring (bicyclic) bond motifs is 1. The van der Waals surface area contributed by atoms with Crippen molar-refractivity contribution in [3.63, 3.8) is 0 Å². The Morgan fingerprint density at radius 1 is 1.00 bits per heavy atom. The van der Waals surface area contributed by atoms with E-state index >= 15 is 0 Å². The molecule has 0 aliphatic rings. The summed E-state index contributed by atoms with van der Waals surface area (Å²) in [5, 5.41) is 1.16. The summed E-state index contributed by atoms with van der Waals surface area (Å²) in [7, 11) is 4.53. The topological polar surface area (TPSA) is 27.0 Å². The molecule has 2 heterocycles. The largest absolute Gasteiger partial charge is 0.656 e. The van der Waals surface area contributed by atoms with Gasteiger partial charge in [-0.25, -0.2) is 0 Å². The van der Waals surface area contributed by atoms with Crippen LogP contribution in [-0.4, -0.2) is 4.98 Å². The van der Waals surface area contributed by atoms with Crippen LogP contribution in [0.4, 0.5) is 0 Å². The fraction of sp³-hybridized carbons (Fsp3) is 0. The fourth-order valence-electron chi connectivity index (χ4n) is 1.67. The molecule has 18 heavy (non-hydrogen) atoms. The Labute approximate surface area is 121 Å². The third-order valence-electron chi connectivity index (χ3n) is 2.40. The van der Waals surface area contributed by atoms with E-state index in [1.807, 2.05) is 53.7 Å². The van der Waals surface area contributed by atoms with Crippen molar-refractivity contribution in [2.75, 3.05) is 0 Å². The quantitative estimate of drug-likeness (QED) is 0.492. The zero-order valence-corrected chi connectivity index (χ0v) is 12.2. The van der Waals surface area contributed by atoms with E-state index in [1.165, 1.54) is 0 Å². The number of hydrogen-bond donors (Lipinski definition) is 0. The van der Waals surface area contributed by atoms with Crippen molar-refractivity contribution >= 4 is 20.6 Å². The number of benzene rings is 1. The molecule has 0 unspecified atom stereocenters. The van der Waals surface area contributed by atoms with Crippen molar-refractivity contribution in [3.8, 4) is 11.4 Å². The molecule has 0 radical (unpaired) electrons. The number of para-hydroxylation sites is 1. The van der Waals surface area contributed by atoms with E-state index in [9.17, 15) is 0 Å². The molecule has 0 amide bonds. The van der Waals surface area contributed by atoms with E-state index in [1.54, 1.807) is 6.20 Å². The zero-order chi connectivity index (χ0) is 12.1. The van der Waals surface area contributed by atoms with Gasteiger partial charge in [0.25, 0.3) is 0 Å². The molecule has 0 aliphatic carbocycles. The Bertz CT molecular complexity index is 560. The van der Waals surface area contributed by atoms with Gasteiger partial charge < -0.3 is 12.4 Å². The number of nitrogens with zero attached hydrogens (tertiary/aromatic N) is 2. The molecule has 0 aliphatic heterocycles. The summed E-state index contributed by atoms with van der Waals surface area (Å²) in [4.78, 5) is 8.80. The van der Waals surface area contributed by atoms with Crippen LogP contribution in [0.5, 0.6) is 0 Å². The van der Waals surface area contributed by atoms with E-state index in [0.717, 1.165) is 22.3 Å². The van der Waals surface area contributed by atoms with Gasteiger partial charge in [0.2, 0.25) is 0 Å². The second-order valence-corrected chi connectivity index (χ2v) is 3.42. The van der Waals surface area contributed by atoms with Gasteiger partial charge in [-0.15, -0.1) is 11.2 Å². The molecular weight excluding hydrogens is 335 g/mol. The van der Waals surface area contributed by atoms with Crippen LogP contribution in [0.2, 0.25) is 0 Å². The Hall–Kier alpha value is -1.18. The van der Waals surface area contributed by atoms with Crippen molar-refractivity contribution in [2.45, 2.75) is 0 Å². The number of aromatic nitrogens is 2. The van der Waals surface area contributed by atoms with Gasteiger partial charge in [-0.05, 0) is 17.5 Å². The fourth-order valence-corrected chi connectivity index (χ4v) is 1.67. The SMILES string of the molecule is [CH3-].[Cl][Rh+2].c1ccc(-c2cc3ccccc3[n-]2)nc1. The third kappa shape index (κ3) is 3.18. The van der Waals surface area contributed by atoms with Crippen LogP contribution in [0.25, 0.3) is 22.3 Å². The minimum absolute atomic E-state index is 0. The third-order valence-corrected chi connectivity index (χ3v) is 2.40. The van der Waals surface area contributed by atoms with Gasteiger partial charge in [-0.1, -0.05) is 36.4 Å². The summed E-state index contributed by atoms with van der Waals surface area (Å²) in [6.07, 6.45) is 1.79. The van der Waals surface area contributed by atoms with E-state index in [4.69, 9.17) is 0 Å². The maximum absolute atomic E-state index is 4.53. The van der Waals surface area contributed by atoms with Crippen LogP contribution in [0.15, 0.2) is 54.7 Å². The maximum atomic E-state index is 4.53. The van der Waals surface area contributed by atoms with Crippen LogP contribution < -0.4 is 4.98 Å². The van der Waals surface area contributed by atoms with Crippen molar-refractivity contribution < 1.29 is 17.3 Å². The van der Waals surface area contributed by atoms with Gasteiger partial charge in [0.05, 0.1) is 0 Å². The summed E-state index contributed by atoms with van der Waals surface area (Å²) >= 11 is 2.02. The molecule has 3 rings (SSSR count). The molecule has 1 aromatic carbocycles. The number of pyridine rings is 1. The van der Waals surface area contributed by atoms with Crippen LogP contribution in [0.3, 0.4) is 0 Å². The first-order valence-corrected chi connectivity index (χ1v) is 7.11. The first-order valence-electron chi connectivity index (χ1n) is 5.00. The summed E-state index contributed by atoms with van der Waals surface area (Å²) < 4.78 is 0. The standard InChI is InChI=1S/C13H9N2.CH3.ClH.Rh/c1-2-6-11-10(5-1)9-13(15-11)12-7-3-4-8-14-12;;;/h1-9H;1H3;1H;/q2*-1;;+3/p-1. The van der Waals surface area contributed by atoms with Crippen LogP contribution in [-0.2, 0) is 17.3 Å². The normalized spacial score (nSPS) is 9.22. The predicted molar refractivity (Wildman–Crippen MR) is 72.8 cm³/mol. The molecule has 0 saturated heterocycles. The van der Waals surface area contributed by atoms with Crippen molar-refractivity contribution in [1.82, 2.24) is 9.97 Å². The molecule has 4 heteroatoms. The Kier molecular flexibility index (Phi) is 6.04. The van der Waals surface area contributed by atoms with Gasteiger partial charge in [0.1, 0.15) is 0 Å². The maximum Gasteiger partial charge on any atom is 0.0483 e. The molecule has 0 spiro atoms. The summed E-state index contributed by atoms with van der Waals surface area (Å²) in [5.74, 6) is 0. The molecule has 2 aromatic heterocycles. The van der Waals surface area contributed by atoms with E-state index in [-0.39, 0.29) is 7.43 Å². The monoisotopic (exact) mass is 346 g/mol. The van der Waals surface area contributed by atoms with Gasteiger partial charge in [-0.3, -0.25) is 4.98 Å². The minimum atomic E-state index is 0. The minimum Gasteiger partial charge on any atom is -0.656 e. The molecule has 0 N–H and O–H groups in total. The smallest absolute Gasteiger partial charge is 0.0483 e. The number of hydrogen-bond acceptors (Lipinski definition) is 1. The summed E-state index contributed by atoms with van der Waals surface area (Å²) in [6.45, 7) is 0. The Balaban J connectivity index is 0.000000516. The summed E-state index contributed by atoms with van der Waals surface area (Å²) in [6, 6.07) is 16.0. The average Bonchev–Trinajstić information content (AvgIpc) is 2.86. The molecule has 94 valence electrons. The number of halogens is 1. The van der Waals surface area contributed by atoms with Crippen molar-refractivity contribution in [3.05, 3.63) is 62.2 Å². The van der Waals surface area contributed by atoms with E-state index in [0.29, 0.717) is 0 Å². The first-order chi connectivity index (χ1) is 8.43. The molecule has 0 fully saturated rings. The first kappa shape index (κ1) is 14.9. The second-order valence-electron chi connectivity index (χ2n) is 3.42. The number of rotatable bonds is 1. The molecule has 0 bridgehead atoms. The Morgan fingerprint density at radius 2 is 1.72 bits per heavy atom. The van der Waals surface area contributed by atoms with Gasteiger partial charge in [0.15, 0.2) is 0 Å². The van der Waals surface area contributed by atoms with Gasteiger partial charge in [0, 0.05) is 11.9 Å². The van der Waals surface area contributed by atoms with E-state index in [2.05, 4.69) is 31.8 Å². The predicted octanol–water partition coefficient (Wildman–Crippen LogP) is 4.00. The summed E-state index contributed by atoms with van der Waals surface area (Å²) in [5.41, 5.74) is 2.89. The van der Waals surface area contributed by atoms with E-state index < -0.39 is 0 Å². The van der Waals surface area contributed by atoms with Gasteiger partial charge in [-0.2, -0.15) is 0 Å². The zero-order valence-electron chi connectivity index (χ0n) is 9.80. The Morgan fingerprint density at radius 3 is 2.39 bits per heavy atom. The molecule has 0 atom stereocenters. The van der Waals surface area contributed by atoms with Crippen molar-refractivity contribution in [1.29, 1.82) is 0 Å². The van der Waals surface area contributed by atoms with Gasteiger partial charge >= 0.3 is 27.0 Å². The van der Waals surface area contributed by atoms with Crippen LogP contribution in [0.1, 0.15) is 0 Å².